The molecule has 0 amide bonds. The highest BCUT2D eigenvalue weighted by Crippen LogP contribution is 2.27. The van der Waals surface area contributed by atoms with Crippen LogP contribution >= 0.6 is 11.8 Å². The molecule has 0 saturated heterocycles. The lowest BCUT2D eigenvalue weighted by Gasteiger charge is -2.27. The summed E-state index contributed by atoms with van der Waals surface area (Å²) < 4.78 is 5.01. The van der Waals surface area contributed by atoms with Gasteiger partial charge in [-0.15, -0.1) is 0 Å². The molecule has 0 aromatic heterocycles. The van der Waals surface area contributed by atoms with Crippen molar-refractivity contribution in [2.75, 3.05) is 19.0 Å². The second-order valence-corrected chi connectivity index (χ2v) is 6.81. The molecule has 1 atom stereocenters. The maximum Gasteiger partial charge on any atom is 0.321 e. The van der Waals surface area contributed by atoms with Crippen molar-refractivity contribution in [3.05, 3.63) is 0 Å². The fourth-order valence-electron chi connectivity index (χ4n) is 1.17. The van der Waals surface area contributed by atoms with Gasteiger partial charge in [0.25, 0.3) is 0 Å². The Bertz CT molecular complexity index is 232. The molecule has 17 heavy (non-hydrogen) atoms. The first-order valence-corrected chi connectivity index (χ1v) is 6.96. The van der Waals surface area contributed by atoms with Crippen molar-refractivity contribution in [2.45, 2.75) is 44.9 Å². The average Bonchev–Trinajstić information content (AvgIpc) is 2.21. The molecule has 0 aliphatic carbocycles. The second-order valence-electron chi connectivity index (χ2n) is 5.06. The Morgan fingerprint density at radius 2 is 2.00 bits per heavy atom. The number of rotatable bonds is 9. The van der Waals surface area contributed by atoms with E-state index in [1.54, 1.807) is 11.8 Å². The predicted octanol–water partition coefficient (Wildman–Crippen LogP) is 1.97. The number of carboxylic acids is 1. The van der Waals surface area contributed by atoms with E-state index in [0.29, 0.717) is 12.5 Å². The van der Waals surface area contributed by atoms with Gasteiger partial charge in [0.2, 0.25) is 0 Å². The van der Waals surface area contributed by atoms with Gasteiger partial charge in [-0.25, -0.2) is 0 Å². The molecule has 0 fully saturated rings. The summed E-state index contributed by atoms with van der Waals surface area (Å²) in [5.41, 5.74) is 5.61. The van der Waals surface area contributed by atoms with E-state index < -0.39 is 16.8 Å². The average molecular weight is 263 g/mol. The van der Waals surface area contributed by atoms with Gasteiger partial charge in [0.1, 0.15) is 6.04 Å². The molecular weight excluding hydrogens is 238 g/mol. The first kappa shape index (κ1) is 16.7. The zero-order chi connectivity index (χ0) is 13.5. The van der Waals surface area contributed by atoms with E-state index in [4.69, 9.17) is 15.6 Å². The number of carboxylic acid groups (broad SMARTS) is 1. The highest BCUT2D eigenvalue weighted by Gasteiger charge is 2.32. The Balaban J connectivity index is 3.69. The monoisotopic (exact) mass is 263 g/mol. The van der Waals surface area contributed by atoms with Crippen LogP contribution in [0.4, 0.5) is 0 Å². The maximum absolute atomic E-state index is 10.8. The van der Waals surface area contributed by atoms with Crippen LogP contribution in [0, 0.1) is 5.92 Å². The van der Waals surface area contributed by atoms with Crippen LogP contribution in [-0.2, 0) is 9.53 Å². The molecule has 0 heterocycles. The van der Waals surface area contributed by atoms with E-state index in [2.05, 4.69) is 13.8 Å². The summed E-state index contributed by atoms with van der Waals surface area (Å²) in [4.78, 5) is 10.8. The van der Waals surface area contributed by atoms with Crippen molar-refractivity contribution in [3.63, 3.8) is 0 Å². The van der Waals surface area contributed by atoms with Crippen molar-refractivity contribution in [1.82, 2.24) is 0 Å². The van der Waals surface area contributed by atoms with Crippen LogP contribution in [0.1, 0.15) is 34.1 Å². The molecule has 3 N–H and O–H groups in total. The van der Waals surface area contributed by atoms with Gasteiger partial charge in [-0.2, -0.15) is 11.8 Å². The quantitative estimate of drug-likeness (QED) is 0.622. The first-order valence-electron chi connectivity index (χ1n) is 5.97. The number of hydrogen-bond donors (Lipinski definition) is 2. The molecule has 0 aromatic carbocycles. The van der Waals surface area contributed by atoms with Gasteiger partial charge in [-0.05, 0) is 26.2 Å². The smallest absolute Gasteiger partial charge is 0.321 e. The Morgan fingerprint density at radius 3 is 2.47 bits per heavy atom. The maximum atomic E-state index is 10.8. The number of aliphatic carboxylic acids is 1. The predicted molar refractivity (Wildman–Crippen MR) is 72.4 cm³/mol. The minimum Gasteiger partial charge on any atom is -0.480 e. The molecule has 4 nitrogen and oxygen atoms in total. The van der Waals surface area contributed by atoms with E-state index in [9.17, 15) is 4.79 Å². The van der Waals surface area contributed by atoms with E-state index in [1.165, 1.54) is 0 Å². The molecular formula is C12H25NO3S. The summed E-state index contributed by atoms with van der Waals surface area (Å²) >= 11 is 1.54. The summed E-state index contributed by atoms with van der Waals surface area (Å²) in [7, 11) is 0. The number of hydrogen-bond acceptors (Lipinski definition) is 4. The minimum atomic E-state index is -0.955. The van der Waals surface area contributed by atoms with Gasteiger partial charge in [0.05, 0.1) is 6.61 Å². The summed E-state index contributed by atoms with van der Waals surface area (Å²) in [6, 6.07) is -0.844. The van der Waals surface area contributed by atoms with Crippen LogP contribution in [0.2, 0.25) is 0 Å². The van der Waals surface area contributed by atoms with Crippen LogP contribution in [0.3, 0.4) is 0 Å². The fraction of sp³-hybridized carbons (Fsp3) is 0.917. The van der Waals surface area contributed by atoms with Crippen molar-refractivity contribution < 1.29 is 14.6 Å². The summed E-state index contributed by atoms with van der Waals surface area (Å²) in [5, 5.41) is 8.85. The molecule has 0 radical (unpaired) electrons. The summed E-state index contributed by atoms with van der Waals surface area (Å²) in [5.74, 6) is 0.467. The van der Waals surface area contributed by atoms with Gasteiger partial charge in [-0.1, -0.05) is 13.8 Å². The lowest BCUT2D eigenvalue weighted by atomic mass is 10.1. The Labute approximate surface area is 108 Å². The summed E-state index contributed by atoms with van der Waals surface area (Å²) in [6.07, 6.45) is 1.06. The zero-order valence-electron chi connectivity index (χ0n) is 11.2. The molecule has 0 rings (SSSR count). The molecule has 0 spiro atoms. The van der Waals surface area contributed by atoms with Crippen LogP contribution in [0.25, 0.3) is 0 Å². The number of ether oxygens (including phenoxy) is 1. The fourth-order valence-corrected chi connectivity index (χ4v) is 2.18. The third kappa shape index (κ3) is 7.63. The number of carbonyl (C=O) groups is 1. The number of thioether (sulfide) groups is 1. The van der Waals surface area contributed by atoms with E-state index in [-0.39, 0.29) is 0 Å². The Morgan fingerprint density at radius 1 is 1.41 bits per heavy atom. The molecule has 0 unspecified atom stereocenters. The molecule has 102 valence electrons. The van der Waals surface area contributed by atoms with Crippen LogP contribution < -0.4 is 5.73 Å². The topological polar surface area (TPSA) is 72.5 Å². The third-order valence-electron chi connectivity index (χ3n) is 2.56. The molecule has 0 bridgehead atoms. The van der Waals surface area contributed by atoms with Crippen LogP contribution in [0.15, 0.2) is 0 Å². The standard InChI is InChI=1S/C12H25NO3S/c1-9(2)5-6-16-7-8-17-12(3,4)10(13)11(14)15/h9-10H,5-8,13H2,1-4H3,(H,14,15)/t10-/m0/s1. The molecule has 0 saturated carbocycles. The molecule has 0 aromatic rings. The first-order chi connectivity index (χ1) is 7.77. The van der Waals surface area contributed by atoms with Crippen molar-refractivity contribution >= 4 is 17.7 Å². The van der Waals surface area contributed by atoms with Crippen LogP contribution in [0.5, 0.6) is 0 Å². The van der Waals surface area contributed by atoms with Crippen molar-refractivity contribution in [1.29, 1.82) is 0 Å². The molecule has 5 heteroatoms. The SMILES string of the molecule is CC(C)CCOCCSC(C)(C)[C@@H](N)C(=O)O. The normalized spacial score (nSPS) is 14.0. The zero-order valence-corrected chi connectivity index (χ0v) is 12.0. The van der Waals surface area contributed by atoms with Crippen LogP contribution in [-0.4, -0.2) is 40.8 Å². The van der Waals surface area contributed by atoms with Gasteiger partial charge in [-0.3, -0.25) is 4.79 Å². The Hall–Kier alpha value is -0.260. The Kier molecular flexibility index (Phi) is 7.83. The molecule has 0 aliphatic heterocycles. The molecule has 0 aliphatic rings. The van der Waals surface area contributed by atoms with Gasteiger partial charge in [0.15, 0.2) is 0 Å². The van der Waals surface area contributed by atoms with E-state index in [0.717, 1.165) is 18.8 Å². The van der Waals surface area contributed by atoms with Crippen molar-refractivity contribution in [2.24, 2.45) is 11.7 Å². The number of nitrogens with two attached hydrogens (primary N) is 1. The highest BCUT2D eigenvalue weighted by molar-refractivity contribution is 8.00. The van der Waals surface area contributed by atoms with E-state index in [1.807, 2.05) is 13.8 Å². The van der Waals surface area contributed by atoms with E-state index >= 15 is 0 Å². The minimum absolute atomic E-state index is 0.465. The van der Waals surface area contributed by atoms with Gasteiger partial charge >= 0.3 is 5.97 Å². The summed E-state index contributed by atoms with van der Waals surface area (Å²) in [6.45, 7) is 9.44. The third-order valence-corrected chi connectivity index (χ3v) is 3.93. The highest BCUT2D eigenvalue weighted by atomic mass is 32.2. The lowest BCUT2D eigenvalue weighted by Crippen LogP contribution is -2.47. The van der Waals surface area contributed by atoms with Crippen molar-refractivity contribution in [3.8, 4) is 0 Å². The second kappa shape index (κ2) is 7.95. The van der Waals surface area contributed by atoms with Gasteiger partial charge < -0.3 is 15.6 Å². The largest absolute Gasteiger partial charge is 0.480 e. The van der Waals surface area contributed by atoms with Gasteiger partial charge in [0, 0.05) is 17.1 Å². The lowest BCUT2D eigenvalue weighted by molar-refractivity contribution is -0.139.